The van der Waals surface area contributed by atoms with Gasteiger partial charge in [0, 0.05) is 29.2 Å². The molecule has 0 N–H and O–H groups in total. The minimum absolute atomic E-state index is 0.552. The van der Waals surface area contributed by atoms with E-state index in [2.05, 4.69) is 55.2 Å². The first-order valence-corrected chi connectivity index (χ1v) is 11.8. The molecular formula is C31H27NO2. The lowest BCUT2D eigenvalue weighted by Gasteiger charge is -2.28. The summed E-state index contributed by atoms with van der Waals surface area (Å²) in [4.78, 5) is 5.02. The minimum Gasteiger partial charge on any atom is -0.458 e. The predicted molar refractivity (Wildman–Crippen MR) is 138 cm³/mol. The van der Waals surface area contributed by atoms with Crippen molar-refractivity contribution in [2.75, 3.05) is 7.11 Å². The first-order chi connectivity index (χ1) is 16.8. The van der Waals surface area contributed by atoms with Crippen molar-refractivity contribution in [1.29, 1.82) is 0 Å². The zero-order valence-corrected chi connectivity index (χ0v) is 19.5. The van der Waals surface area contributed by atoms with Gasteiger partial charge < -0.3 is 9.47 Å². The second-order valence-electron chi connectivity index (χ2n) is 8.43. The Bertz CT molecular complexity index is 1390. The maximum absolute atomic E-state index is 6.43. The van der Waals surface area contributed by atoms with E-state index < -0.39 is 6.29 Å². The molecule has 0 amide bonds. The molecule has 34 heavy (non-hydrogen) atoms. The topological polar surface area (TPSA) is 31.4 Å². The van der Waals surface area contributed by atoms with Crippen LogP contribution in [-0.2, 0) is 15.9 Å². The first-order valence-electron chi connectivity index (χ1n) is 11.8. The Hall–Kier alpha value is -3.87. The van der Waals surface area contributed by atoms with Gasteiger partial charge in [-0.1, -0.05) is 85.8 Å². The summed E-state index contributed by atoms with van der Waals surface area (Å²) in [7, 11) is 1.66. The molecule has 3 heteroatoms. The van der Waals surface area contributed by atoms with Gasteiger partial charge in [0.25, 0.3) is 0 Å². The van der Waals surface area contributed by atoms with Gasteiger partial charge in [-0.25, -0.2) is 4.98 Å². The number of benzene rings is 3. The van der Waals surface area contributed by atoms with Gasteiger partial charge in [0.2, 0.25) is 6.29 Å². The van der Waals surface area contributed by atoms with Crippen molar-refractivity contribution < 1.29 is 9.47 Å². The fraction of sp³-hybridized carbons (Fsp3) is 0.194. The highest BCUT2D eigenvalue weighted by Gasteiger charge is 2.30. The van der Waals surface area contributed by atoms with Crippen molar-refractivity contribution in [1.82, 2.24) is 4.98 Å². The molecule has 1 aromatic heterocycles. The van der Waals surface area contributed by atoms with Gasteiger partial charge in [-0.2, -0.15) is 0 Å². The number of aromatic nitrogens is 1. The molecule has 1 unspecified atom stereocenters. The summed E-state index contributed by atoms with van der Waals surface area (Å²) in [6, 6.07) is 28.8. The number of fused-ring (bicyclic) bond motifs is 2. The van der Waals surface area contributed by atoms with Crippen LogP contribution >= 0.6 is 0 Å². The van der Waals surface area contributed by atoms with Crippen LogP contribution < -0.4 is 0 Å². The molecule has 1 aliphatic rings. The Labute approximate surface area is 201 Å². The van der Waals surface area contributed by atoms with Crippen molar-refractivity contribution in [3.8, 4) is 11.8 Å². The van der Waals surface area contributed by atoms with Gasteiger partial charge >= 0.3 is 0 Å². The number of pyridine rings is 1. The summed E-state index contributed by atoms with van der Waals surface area (Å²) in [6.07, 6.45) is 2.89. The molecule has 0 saturated heterocycles. The van der Waals surface area contributed by atoms with Crippen molar-refractivity contribution in [2.24, 2.45) is 0 Å². The van der Waals surface area contributed by atoms with E-state index >= 15 is 0 Å². The lowest BCUT2D eigenvalue weighted by atomic mass is 9.96. The van der Waals surface area contributed by atoms with Gasteiger partial charge in [-0.05, 0) is 42.7 Å². The van der Waals surface area contributed by atoms with Crippen LogP contribution in [0.3, 0.4) is 0 Å². The Morgan fingerprint density at radius 3 is 2.44 bits per heavy atom. The van der Waals surface area contributed by atoms with E-state index in [1.165, 1.54) is 18.4 Å². The molecule has 0 aliphatic carbocycles. The summed E-state index contributed by atoms with van der Waals surface area (Å²) < 4.78 is 12.2. The molecule has 0 fully saturated rings. The van der Waals surface area contributed by atoms with Crippen LogP contribution in [0, 0.1) is 11.8 Å². The van der Waals surface area contributed by atoms with E-state index in [4.69, 9.17) is 14.5 Å². The van der Waals surface area contributed by atoms with Gasteiger partial charge in [-0.15, -0.1) is 0 Å². The second-order valence-corrected chi connectivity index (χ2v) is 8.43. The van der Waals surface area contributed by atoms with Gasteiger partial charge in [0.15, 0.2) is 0 Å². The third-order valence-electron chi connectivity index (χ3n) is 6.05. The van der Waals surface area contributed by atoms with E-state index in [0.717, 1.165) is 45.3 Å². The van der Waals surface area contributed by atoms with Crippen LogP contribution in [0.2, 0.25) is 0 Å². The molecule has 0 bridgehead atoms. The maximum atomic E-state index is 6.43. The number of ether oxygens (including phenoxy) is 2. The van der Waals surface area contributed by atoms with Crippen LogP contribution in [-0.4, -0.2) is 12.1 Å². The van der Waals surface area contributed by atoms with Crippen LogP contribution in [0.1, 0.15) is 54.0 Å². The molecule has 0 saturated carbocycles. The quantitative estimate of drug-likeness (QED) is 0.305. The molecule has 5 rings (SSSR count). The number of methoxy groups -OCH3 is 1. The molecule has 3 aromatic carbocycles. The van der Waals surface area contributed by atoms with Gasteiger partial charge in [0.1, 0.15) is 5.76 Å². The van der Waals surface area contributed by atoms with Crippen molar-refractivity contribution >= 4 is 22.2 Å². The third-order valence-corrected chi connectivity index (χ3v) is 6.05. The smallest absolute Gasteiger partial charge is 0.228 e. The molecule has 3 nitrogen and oxygen atoms in total. The lowest BCUT2D eigenvalue weighted by molar-refractivity contribution is -0.0770. The SMILES string of the molecule is CCCCc1ccc(C2=C(C#Cc3ccccc3)c3nc4ccccc4cc3C(OC)O2)cc1. The highest BCUT2D eigenvalue weighted by Crippen LogP contribution is 2.41. The summed E-state index contributed by atoms with van der Waals surface area (Å²) in [5.41, 5.74) is 6.64. The lowest BCUT2D eigenvalue weighted by Crippen LogP contribution is -2.16. The van der Waals surface area contributed by atoms with E-state index in [-0.39, 0.29) is 0 Å². The summed E-state index contributed by atoms with van der Waals surface area (Å²) in [5, 5.41) is 1.05. The molecule has 0 spiro atoms. The van der Waals surface area contributed by atoms with Crippen molar-refractivity contribution in [2.45, 2.75) is 32.5 Å². The Morgan fingerprint density at radius 2 is 1.68 bits per heavy atom. The maximum Gasteiger partial charge on any atom is 0.228 e. The monoisotopic (exact) mass is 445 g/mol. The van der Waals surface area contributed by atoms with Crippen LogP contribution in [0.15, 0.2) is 84.9 Å². The normalized spacial score (nSPS) is 14.8. The molecule has 0 radical (unpaired) electrons. The highest BCUT2D eigenvalue weighted by molar-refractivity contribution is 5.98. The molecule has 2 heterocycles. The van der Waals surface area contributed by atoms with Gasteiger partial charge in [0.05, 0.1) is 16.8 Å². The molecule has 4 aromatic rings. The van der Waals surface area contributed by atoms with E-state index in [1.807, 2.05) is 48.5 Å². The number of hydrogen-bond donors (Lipinski definition) is 0. The Balaban J connectivity index is 1.69. The van der Waals surface area contributed by atoms with E-state index in [1.54, 1.807) is 7.11 Å². The second kappa shape index (κ2) is 9.95. The summed E-state index contributed by atoms with van der Waals surface area (Å²) >= 11 is 0. The number of rotatable bonds is 5. The Kier molecular flexibility index (Phi) is 6.42. The Morgan fingerprint density at radius 1 is 0.912 bits per heavy atom. The van der Waals surface area contributed by atoms with E-state index in [0.29, 0.717) is 5.76 Å². The largest absolute Gasteiger partial charge is 0.458 e. The number of allylic oxidation sites excluding steroid dienone is 1. The molecule has 1 aliphatic heterocycles. The number of unbranched alkanes of at least 4 members (excludes halogenated alkanes) is 1. The minimum atomic E-state index is -0.552. The fourth-order valence-corrected chi connectivity index (χ4v) is 4.21. The average molecular weight is 446 g/mol. The number of hydrogen-bond acceptors (Lipinski definition) is 3. The van der Waals surface area contributed by atoms with Crippen molar-refractivity contribution in [3.05, 3.63) is 113 Å². The van der Waals surface area contributed by atoms with Crippen LogP contribution in [0.5, 0.6) is 0 Å². The number of aryl methyl sites for hydroxylation is 1. The van der Waals surface area contributed by atoms with E-state index in [9.17, 15) is 0 Å². The van der Waals surface area contributed by atoms with Gasteiger partial charge in [-0.3, -0.25) is 0 Å². The highest BCUT2D eigenvalue weighted by atomic mass is 16.7. The predicted octanol–water partition coefficient (Wildman–Crippen LogP) is 7.17. The average Bonchev–Trinajstić information content (AvgIpc) is 2.90. The zero-order valence-electron chi connectivity index (χ0n) is 19.5. The van der Waals surface area contributed by atoms with Crippen LogP contribution in [0.25, 0.3) is 22.2 Å². The summed E-state index contributed by atoms with van der Waals surface area (Å²) in [5.74, 6) is 7.40. The third kappa shape index (κ3) is 4.46. The number of nitrogens with zero attached hydrogens (tertiary/aromatic N) is 1. The molecular weight excluding hydrogens is 418 g/mol. The molecule has 168 valence electrons. The standard InChI is InChI=1S/C31H27NO2/c1-3-4-10-23-15-18-24(19-16-23)30-26(20-17-22-11-6-5-7-12-22)29-27(31(33-2)34-30)21-25-13-8-9-14-28(25)32-29/h5-9,11-16,18-19,21,31H,3-4,10H2,1-2H3. The van der Waals surface area contributed by atoms with Crippen molar-refractivity contribution in [3.63, 3.8) is 0 Å². The first kappa shape index (κ1) is 21.9. The number of para-hydroxylation sites is 1. The molecule has 1 atom stereocenters. The summed E-state index contributed by atoms with van der Waals surface area (Å²) in [6.45, 7) is 2.21. The fourth-order valence-electron chi connectivity index (χ4n) is 4.21. The zero-order chi connectivity index (χ0) is 23.3. The van der Waals surface area contributed by atoms with Crippen LogP contribution in [0.4, 0.5) is 0 Å².